The van der Waals surface area contributed by atoms with Crippen molar-refractivity contribution >= 4 is 0 Å². The van der Waals surface area contributed by atoms with Crippen LogP contribution in [0, 0.1) is 0 Å². The summed E-state index contributed by atoms with van der Waals surface area (Å²) in [4.78, 5) is 9.85. The Kier molecular flexibility index (Phi) is 2.87. The predicted molar refractivity (Wildman–Crippen MR) is 57.3 cm³/mol. The molecule has 0 saturated carbocycles. The molecule has 1 aromatic rings. The van der Waals surface area contributed by atoms with Crippen molar-refractivity contribution < 1.29 is 0 Å². The summed E-state index contributed by atoms with van der Waals surface area (Å²) >= 11 is 0. The lowest BCUT2D eigenvalue weighted by molar-refractivity contribution is 0.171. The molecule has 3 heteroatoms. The first kappa shape index (κ1) is 9.71. The Morgan fingerprint density at radius 1 is 1.43 bits per heavy atom. The molecule has 0 amide bonds. The molecule has 0 bridgehead atoms. The van der Waals surface area contributed by atoms with Crippen molar-refractivity contribution in [3.63, 3.8) is 0 Å². The molecule has 0 aliphatic carbocycles. The van der Waals surface area contributed by atoms with Crippen LogP contribution < -0.4 is 0 Å². The minimum atomic E-state index is 0.692. The fourth-order valence-corrected chi connectivity index (χ4v) is 2.22. The van der Waals surface area contributed by atoms with Crippen molar-refractivity contribution in [3.05, 3.63) is 18.2 Å². The van der Waals surface area contributed by atoms with E-state index in [1.165, 1.54) is 31.6 Å². The number of rotatable bonds is 2. The molecule has 1 aromatic heterocycles. The van der Waals surface area contributed by atoms with Crippen molar-refractivity contribution in [2.75, 3.05) is 13.1 Å². The molecule has 3 nitrogen and oxygen atoms in total. The SMILES string of the molecule is CC(C)N1CCC(c2cnc[nH]2)CC1. The van der Waals surface area contributed by atoms with E-state index >= 15 is 0 Å². The summed E-state index contributed by atoms with van der Waals surface area (Å²) in [6, 6.07) is 0.692. The van der Waals surface area contributed by atoms with Gasteiger partial charge in [-0.2, -0.15) is 0 Å². The smallest absolute Gasteiger partial charge is 0.0921 e. The van der Waals surface area contributed by atoms with Gasteiger partial charge in [0.25, 0.3) is 0 Å². The van der Waals surface area contributed by atoms with Gasteiger partial charge >= 0.3 is 0 Å². The number of aromatic nitrogens is 2. The number of hydrogen-bond donors (Lipinski definition) is 1. The number of H-pyrrole nitrogens is 1. The average molecular weight is 193 g/mol. The highest BCUT2D eigenvalue weighted by Gasteiger charge is 2.22. The zero-order chi connectivity index (χ0) is 9.97. The third-order valence-electron chi connectivity index (χ3n) is 3.22. The third kappa shape index (κ3) is 1.98. The second-order valence-electron chi connectivity index (χ2n) is 4.41. The third-order valence-corrected chi connectivity index (χ3v) is 3.22. The summed E-state index contributed by atoms with van der Waals surface area (Å²) in [7, 11) is 0. The van der Waals surface area contributed by atoms with Crippen molar-refractivity contribution in [2.45, 2.75) is 38.6 Å². The van der Waals surface area contributed by atoms with Crippen LogP contribution in [0.5, 0.6) is 0 Å². The topological polar surface area (TPSA) is 31.9 Å². The standard InChI is InChI=1S/C11H19N3/c1-9(2)14-5-3-10(4-6-14)11-7-12-8-13-11/h7-10H,3-6H2,1-2H3,(H,12,13). The lowest BCUT2D eigenvalue weighted by Gasteiger charge is -2.34. The number of aromatic amines is 1. The fraction of sp³-hybridized carbons (Fsp3) is 0.727. The van der Waals surface area contributed by atoms with E-state index in [9.17, 15) is 0 Å². The fourth-order valence-electron chi connectivity index (χ4n) is 2.22. The zero-order valence-electron chi connectivity index (χ0n) is 9.03. The van der Waals surface area contributed by atoms with E-state index < -0.39 is 0 Å². The maximum Gasteiger partial charge on any atom is 0.0921 e. The number of nitrogens with zero attached hydrogens (tertiary/aromatic N) is 2. The molecule has 1 aliphatic heterocycles. The number of hydrogen-bond acceptors (Lipinski definition) is 2. The van der Waals surface area contributed by atoms with Crippen LogP contribution in [0.25, 0.3) is 0 Å². The van der Waals surface area contributed by atoms with E-state index in [-0.39, 0.29) is 0 Å². The normalized spacial score (nSPS) is 20.5. The summed E-state index contributed by atoms with van der Waals surface area (Å²) in [5.74, 6) is 0.701. The van der Waals surface area contributed by atoms with Gasteiger partial charge in [-0.3, -0.25) is 0 Å². The van der Waals surface area contributed by atoms with Crippen LogP contribution in [0.3, 0.4) is 0 Å². The van der Waals surface area contributed by atoms with E-state index in [2.05, 4.69) is 28.7 Å². The monoisotopic (exact) mass is 193 g/mol. The first-order valence-electron chi connectivity index (χ1n) is 5.49. The van der Waals surface area contributed by atoms with Crippen molar-refractivity contribution in [3.8, 4) is 0 Å². The van der Waals surface area contributed by atoms with E-state index in [1.807, 2.05) is 6.20 Å². The van der Waals surface area contributed by atoms with Crippen LogP contribution in [-0.2, 0) is 0 Å². The molecule has 0 aromatic carbocycles. The summed E-state index contributed by atoms with van der Waals surface area (Å²) in [5.41, 5.74) is 1.31. The summed E-state index contributed by atoms with van der Waals surface area (Å²) < 4.78 is 0. The summed E-state index contributed by atoms with van der Waals surface area (Å²) in [5, 5.41) is 0. The van der Waals surface area contributed by atoms with Crippen molar-refractivity contribution in [2.24, 2.45) is 0 Å². The molecule has 1 N–H and O–H groups in total. The molecule has 0 spiro atoms. The number of piperidine rings is 1. The highest BCUT2D eigenvalue weighted by molar-refractivity contribution is 5.04. The van der Waals surface area contributed by atoms with Crippen LogP contribution in [-0.4, -0.2) is 34.0 Å². The van der Waals surface area contributed by atoms with E-state index in [0.29, 0.717) is 12.0 Å². The molecule has 2 rings (SSSR count). The van der Waals surface area contributed by atoms with Gasteiger partial charge in [0.05, 0.1) is 6.33 Å². The van der Waals surface area contributed by atoms with Crippen LogP contribution in [0.2, 0.25) is 0 Å². The van der Waals surface area contributed by atoms with Crippen LogP contribution in [0.15, 0.2) is 12.5 Å². The molecule has 78 valence electrons. The first-order chi connectivity index (χ1) is 6.77. The Labute approximate surface area is 85.5 Å². The molecule has 0 radical (unpaired) electrons. The van der Waals surface area contributed by atoms with Crippen LogP contribution in [0.4, 0.5) is 0 Å². The Balaban J connectivity index is 1.90. The van der Waals surface area contributed by atoms with Crippen LogP contribution >= 0.6 is 0 Å². The highest BCUT2D eigenvalue weighted by Crippen LogP contribution is 2.26. The minimum Gasteiger partial charge on any atom is -0.348 e. The molecule has 1 aliphatic rings. The Bertz CT molecular complexity index is 258. The lowest BCUT2D eigenvalue weighted by atomic mass is 9.93. The molecule has 14 heavy (non-hydrogen) atoms. The van der Waals surface area contributed by atoms with Gasteiger partial charge in [-0.25, -0.2) is 4.98 Å². The molecular weight excluding hydrogens is 174 g/mol. The largest absolute Gasteiger partial charge is 0.348 e. The van der Waals surface area contributed by atoms with Crippen molar-refractivity contribution in [1.82, 2.24) is 14.9 Å². The number of imidazole rings is 1. The van der Waals surface area contributed by atoms with Gasteiger partial charge in [0, 0.05) is 23.9 Å². The Morgan fingerprint density at radius 2 is 2.14 bits per heavy atom. The minimum absolute atomic E-state index is 0.692. The van der Waals surface area contributed by atoms with Crippen molar-refractivity contribution in [1.29, 1.82) is 0 Å². The van der Waals surface area contributed by atoms with Gasteiger partial charge in [-0.15, -0.1) is 0 Å². The molecule has 1 fully saturated rings. The Hall–Kier alpha value is -0.830. The maximum atomic E-state index is 4.08. The predicted octanol–water partition coefficient (Wildman–Crippen LogP) is 2.00. The van der Waals surface area contributed by atoms with Gasteiger partial charge in [-0.1, -0.05) is 0 Å². The summed E-state index contributed by atoms with van der Waals surface area (Å²) in [6.07, 6.45) is 6.28. The molecule has 0 unspecified atom stereocenters. The number of nitrogens with one attached hydrogen (secondary N) is 1. The molecule has 1 saturated heterocycles. The molecule has 2 heterocycles. The second-order valence-corrected chi connectivity index (χ2v) is 4.41. The average Bonchev–Trinajstić information content (AvgIpc) is 2.71. The first-order valence-corrected chi connectivity index (χ1v) is 5.49. The van der Waals surface area contributed by atoms with Gasteiger partial charge in [0.1, 0.15) is 0 Å². The Morgan fingerprint density at radius 3 is 2.64 bits per heavy atom. The van der Waals surface area contributed by atoms with Gasteiger partial charge in [0.15, 0.2) is 0 Å². The summed E-state index contributed by atoms with van der Waals surface area (Å²) in [6.45, 7) is 7.00. The lowest BCUT2D eigenvalue weighted by Crippen LogP contribution is -2.37. The number of likely N-dealkylation sites (tertiary alicyclic amines) is 1. The van der Waals surface area contributed by atoms with Crippen LogP contribution in [0.1, 0.15) is 38.3 Å². The van der Waals surface area contributed by atoms with Gasteiger partial charge in [0.2, 0.25) is 0 Å². The van der Waals surface area contributed by atoms with E-state index in [1.54, 1.807) is 6.33 Å². The quantitative estimate of drug-likeness (QED) is 0.779. The highest BCUT2D eigenvalue weighted by atomic mass is 15.1. The maximum absolute atomic E-state index is 4.08. The van der Waals surface area contributed by atoms with Gasteiger partial charge in [-0.05, 0) is 39.8 Å². The second kappa shape index (κ2) is 4.13. The molecular formula is C11H19N3. The molecule has 0 atom stereocenters. The van der Waals surface area contributed by atoms with E-state index in [4.69, 9.17) is 0 Å². The zero-order valence-corrected chi connectivity index (χ0v) is 9.03. The van der Waals surface area contributed by atoms with Gasteiger partial charge < -0.3 is 9.88 Å². The van der Waals surface area contributed by atoms with E-state index in [0.717, 1.165) is 0 Å².